The van der Waals surface area contributed by atoms with Crippen molar-refractivity contribution in [2.24, 2.45) is 5.92 Å². The van der Waals surface area contributed by atoms with Crippen LogP contribution in [0.15, 0.2) is 72.4 Å². The highest BCUT2D eigenvalue weighted by molar-refractivity contribution is 5.80. The van der Waals surface area contributed by atoms with Crippen molar-refractivity contribution in [2.45, 2.75) is 57.3 Å². The Bertz CT molecular complexity index is 883. The standard InChI is InChI=1S/C28H34N2O2/c31-27(18-9-19-28(32)30-20-10-16-24-15-7-8-17-26(24)30)29-21-25(22-11-3-1-4-12-22)23-13-5-2-6-14-23/h1-6,11-14,17,24-25H,7-10,15-16,18-21H2,(H,29,31). The minimum Gasteiger partial charge on any atom is -0.355 e. The first-order valence-corrected chi connectivity index (χ1v) is 12.1. The maximum atomic E-state index is 12.8. The average molecular weight is 431 g/mol. The molecule has 1 aliphatic heterocycles. The van der Waals surface area contributed by atoms with Gasteiger partial charge in [0.1, 0.15) is 0 Å². The Kier molecular flexibility index (Phi) is 7.76. The summed E-state index contributed by atoms with van der Waals surface area (Å²) in [5.74, 6) is 0.884. The van der Waals surface area contributed by atoms with E-state index in [1.807, 2.05) is 41.3 Å². The Morgan fingerprint density at radius 1 is 0.906 bits per heavy atom. The number of rotatable bonds is 8. The van der Waals surface area contributed by atoms with Crippen molar-refractivity contribution in [1.29, 1.82) is 0 Å². The van der Waals surface area contributed by atoms with Crippen molar-refractivity contribution >= 4 is 11.8 Å². The Balaban J connectivity index is 1.27. The maximum Gasteiger partial charge on any atom is 0.226 e. The van der Waals surface area contributed by atoms with Crippen LogP contribution in [0, 0.1) is 5.92 Å². The fourth-order valence-electron chi connectivity index (χ4n) is 5.08. The van der Waals surface area contributed by atoms with Gasteiger partial charge in [-0.05, 0) is 55.6 Å². The molecule has 2 amide bonds. The van der Waals surface area contributed by atoms with Crippen LogP contribution in [0.5, 0.6) is 0 Å². The number of likely N-dealkylation sites (tertiary alicyclic amines) is 1. The van der Waals surface area contributed by atoms with Crippen LogP contribution in [0.4, 0.5) is 0 Å². The van der Waals surface area contributed by atoms with Gasteiger partial charge in [0.2, 0.25) is 11.8 Å². The van der Waals surface area contributed by atoms with E-state index in [0.29, 0.717) is 31.7 Å². The predicted molar refractivity (Wildman–Crippen MR) is 128 cm³/mol. The van der Waals surface area contributed by atoms with Gasteiger partial charge in [0, 0.05) is 37.5 Å². The molecule has 1 saturated heterocycles. The molecule has 1 aliphatic carbocycles. The number of hydrogen-bond acceptors (Lipinski definition) is 2. The summed E-state index contributed by atoms with van der Waals surface area (Å²) in [5, 5.41) is 3.10. The van der Waals surface area contributed by atoms with Crippen molar-refractivity contribution in [3.05, 3.63) is 83.6 Å². The van der Waals surface area contributed by atoms with Crippen LogP contribution in [0.2, 0.25) is 0 Å². The van der Waals surface area contributed by atoms with Crippen molar-refractivity contribution in [3.8, 4) is 0 Å². The van der Waals surface area contributed by atoms with E-state index < -0.39 is 0 Å². The number of amides is 2. The second-order valence-corrected chi connectivity index (χ2v) is 8.98. The molecule has 0 saturated carbocycles. The molecule has 2 aromatic rings. The van der Waals surface area contributed by atoms with E-state index in [1.54, 1.807) is 0 Å². The van der Waals surface area contributed by atoms with Gasteiger partial charge < -0.3 is 10.2 Å². The number of carbonyl (C=O) groups excluding carboxylic acids is 2. The molecule has 0 aromatic heterocycles. The number of piperidine rings is 1. The van der Waals surface area contributed by atoms with Crippen LogP contribution in [0.3, 0.4) is 0 Å². The topological polar surface area (TPSA) is 49.4 Å². The summed E-state index contributed by atoms with van der Waals surface area (Å²) < 4.78 is 0. The Morgan fingerprint density at radius 3 is 2.25 bits per heavy atom. The lowest BCUT2D eigenvalue weighted by Crippen LogP contribution is -2.39. The number of nitrogens with one attached hydrogen (secondary N) is 1. The molecule has 1 heterocycles. The number of fused-ring (bicyclic) bond motifs is 1. The van der Waals surface area contributed by atoms with Crippen molar-refractivity contribution in [2.75, 3.05) is 13.1 Å². The van der Waals surface area contributed by atoms with Crippen LogP contribution in [-0.2, 0) is 9.59 Å². The molecular weight excluding hydrogens is 396 g/mol. The zero-order valence-corrected chi connectivity index (χ0v) is 18.8. The Morgan fingerprint density at radius 2 is 1.56 bits per heavy atom. The van der Waals surface area contributed by atoms with Crippen LogP contribution >= 0.6 is 0 Å². The van der Waals surface area contributed by atoms with Gasteiger partial charge in [-0.1, -0.05) is 66.7 Å². The normalized spacial score (nSPS) is 18.1. The molecule has 2 aliphatic rings. The molecule has 4 heteroatoms. The average Bonchev–Trinajstić information content (AvgIpc) is 2.85. The van der Waals surface area contributed by atoms with Gasteiger partial charge >= 0.3 is 0 Å². The van der Waals surface area contributed by atoms with Gasteiger partial charge in [-0.15, -0.1) is 0 Å². The molecule has 1 N–H and O–H groups in total. The zero-order chi connectivity index (χ0) is 22.2. The molecule has 0 spiro atoms. The van der Waals surface area contributed by atoms with Crippen molar-refractivity contribution < 1.29 is 9.59 Å². The quantitative estimate of drug-likeness (QED) is 0.609. The molecule has 2 aromatic carbocycles. The molecule has 1 unspecified atom stereocenters. The van der Waals surface area contributed by atoms with Crippen molar-refractivity contribution in [3.63, 3.8) is 0 Å². The lowest BCUT2D eigenvalue weighted by molar-refractivity contribution is -0.130. The monoisotopic (exact) mass is 430 g/mol. The summed E-state index contributed by atoms with van der Waals surface area (Å²) in [6.45, 7) is 1.39. The fourth-order valence-corrected chi connectivity index (χ4v) is 5.08. The van der Waals surface area contributed by atoms with Crippen LogP contribution in [0.1, 0.15) is 68.4 Å². The highest BCUT2D eigenvalue weighted by Crippen LogP contribution is 2.35. The smallest absolute Gasteiger partial charge is 0.226 e. The van der Waals surface area contributed by atoms with E-state index in [1.165, 1.54) is 36.1 Å². The molecular formula is C28H34N2O2. The number of carbonyl (C=O) groups is 2. The van der Waals surface area contributed by atoms with Crippen molar-refractivity contribution in [1.82, 2.24) is 10.2 Å². The number of allylic oxidation sites excluding steroid dienone is 2. The minimum absolute atomic E-state index is 0.0167. The summed E-state index contributed by atoms with van der Waals surface area (Å²) in [7, 11) is 0. The summed E-state index contributed by atoms with van der Waals surface area (Å²) in [6.07, 6.45) is 9.53. The maximum absolute atomic E-state index is 12.8. The van der Waals surface area contributed by atoms with Gasteiger partial charge in [-0.2, -0.15) is 0 Å². The summed E-state index contributed by atoms with van der Waals surface area (Å²) in [5.41, 5.74) is 3.63. The molecule has 168 valence electrons. The van der Waals surface area contributed by atoms with Gasteiger partial charge in [0.25, 0.3) is 0 Å². The molecule has 0 bridgehead atoms. The second kappa shape index (κ2) is 11.1. The van der Waals surface area contributed by atoms with E-state index in [0.717, 1.165) is 19.4 Å². The van der Waals surface area contributed by atoms with Gasteiger partial charge in [-0.25, -0.2) is 0 Å². The number of benzene rings is 2. The van der Waals surface area contributed by atoms with Crippen LogP contribution in [-0.4, -0.2) is 29.8 Å². The Hall–Kier alpha value is -2.88. The SMILES string of the molecule is O=C(CCCC(=O)N1CCCC2CCCC=C21)NCC(c1ccccc1)c1ccccc1. The lowest BCUT2D eigenvalue weighted by atomic mass is 9.85. The van der Waals surface area contributed by atoms with E-state index >= 15 is 0 Å². The second-order valence-electron chi connectivity index (χ2n) is 8.98. The summed E-state index contributed by atoms with van der Waals surface area (Å²) in [4.78, 5) is 27.4. The van der Waals surface area contributed by atoms with E-state index in [9.17, 15) is 9.59 Å². The van der Waals surface area contributed by atoms with E-state index in [2.05, 4.69) is 35.7 Å². The highest BCUT2D eigenvalue weighted by atomic mass is 16.2. The number of hydrogen-bond donors (Lipinski definition) is 1. The van der Waals surface area contributed by atoms with E-state index in [4.69, 9.17) is 0 Å². The lowest BCUT2D eigenvalue weighted by Gasteiger charge is -2.38. The Labute approximate surface area is 191 Å². The minimum atomic E-state index is 0.0167. The number of nitrogens with zero attached hydrogens (tertiary/aromatic N) is 1. The third kappa shape index (κ3) is 5.67. The largest absolute Gasteiger partial charge is 0.355 e. The van der Waals surface area contributed by atoms with Crippen LogP contribution in [0.25, 0.3) is 0 Å². The summed E-state index contributed by atoms with van der Waals surface area (Å²) in [6, 6.07) is 20.6. The first-order valence-electron chi connectivity index (χ1n) is 12.1. The first-order chi connectivity index (χ1) is 15.7. The zero-order valence-electron chi connectivity index (χ0n) is 18.8. The van der Waals surface area contributed by atoms with Gasteiger partial charge in [0.05, 0.1) is 0 Å². The van der Waals surface area contributed by atoms with Gasteiger partial charge in [0.15, 0.2) is 0 Å². The molecule has 4 nitrogen and oxygen atoms in total. The van der Waals surface area contributed by atoms with Crippen LogP contribution < -0.4 is 5.32 Å². The molecule has 0 radical (unpaired) electrons. The van der Waals surface area contributed by atoms with Gasteiger partial charge in [-0.3, -0.25) is 9.59 Å². The third-order valence-electron chi connectivity index (χ3n) is 6.78. The summed E-state index contributed by atoms with van der Waals surface area (Å²) >= 11 is 0. The molecule has 1 fully saturated rings. The molecule has 1 atom stereocenters. The fraction of sp³-hybridized carbons (Fsp3) is 0.429. The third-order valence-corrected chi connectivity index (χ3v) is 6.78. The molecule has 4 rings (SSSR count). The van der Waals surface area contributed by atoms with E-state index in [-0.39, 0.29) is 17.7 Å². The highest BCUT2D eigenvalue weighted by Gasteiger charge is 2.29. The first kappa shape index (κ1) is 22.3. The predicted octanol–water partition coefficient (Wildman–Crippen LogP) is 5.41. The molecule has 32 heavy (non-hydrogen) atoms.